The highest BCUT2D eigenvalue weighted by Gasteiger charge is 2.29. The van der Waals surface area contributed by atoms with E-state index in [9.17, 15) is 4.79 Å². The van der Waals surface area contributed by atoms with Gasteiger partial charge in [0.05, 0.1) is 20.3 Å². The van der Waals surface area contributed by atoms with Gasteiger partial charge in [-0.1, -0.05) is 0 Å². The number of nitrogens with zero attached hydrogens (tertiary/aromatic N) is 2. The highest BCUT2D eigenvalue weighted by atomic mass is 16.5. The van der Waals surface area contributed by atoms with Crippen molar-refractivity contribution >= 4 is 5.97 Å². The molecule has 1 heterocycles. The standard InChI is InChI=1S/C11H22N2O3/c1-12(2)5-4-6-13-7-8-16-9-10(13)11(14)15-3/h10H,4-9H2,1-3H3. The number of carbonyl (C=O) groups excluding carboxylic acids is 1. The van der Waals surface area contributed by atoms with Crippen LogP contribution in [-0.2, 0) is 14.3 Å². The average molecular weight is 230 g/mol. The van der Waals surface area contributed by atoms with Crippen molar-refractivity contribution in [3.8, 4) is 0 Å². The van der Waals surface area contributed by atoms with Crippen LogP contribution in [0.3, 0.4) is 0 Å². The monoisotopic (exact) mass is 230 g/mol. The first-order valence-electron chi connectivity index (χ1n) is 5.69. The second kappa shape index (κ2) is 6.83. The zero-order valence-electron chi connectivity index (χ0n) is 10.4. The van der Waals surface area contributed by atoms with Gasteiger partial charge in [0.2, 0.25) is 0 Å². The van der Waals surface area contributed by atoms with Crippen LogP contribution in [0, 0.1) is 0 Å². The van der Waals surface area contributed by atoms with Gasteiger partial charge in [-0.3, -0.25) is 9.69 Å². The second-order valence-corrected chi connectivity index (χ2v) is 4.31. The molecule has 0 radical (unpaired) electrons. The van der Waals surface area contributed by atoms with E-state index < -0.39 is 0 Å². The maximum absolute atomic E-state index is 11.5. The van der Waals surface area contributed by atoms with Gasteiger partial charge in [-0.25, -0.2) is 0 Å². The summed E-state index contributed by atoms with van der Waals surface area (Å²) in [6.07, 6.45) is 1.06. The fourth-order valence-corrected chi connectivity index (χ4v) is 1.85. The minimum absolute atomic E-state index is 0.190. The summed E-state index contributed by atoms with van der Waals surface area (Å²) < 4.78 is 10.1. The van der Waals surface area contributed by atoms with Crippen molar-refractivity contribution in [2.24, 2.45) is 0 Å². The van der Waals surface area contributed by atoms with Crippen molar-refractivity contribution in [2.75, 3.05) is 54.1 Å². The number of ether oxygens (including phenoxy) is 2. The summed E-state index contributed by atoms with van der Waals surface area (Å²) in [5.41, 5.74) is 0. The molecule has 0 aliphatic carbocycles. The number of hydrogen-bond donors (Lipinski definition) is 0. The molecule has 5 heteroatoms. The van der Waals surface area contributed by atoms with Gasteiger partial charge in [0, 0.05) is 13.1 Å². The van der Waals surface area contributed by atoms with E-state index in [0.29, 0.717) is 13.2 Å². The number of carbonyl (C=O) groups is 1. The van der Waals surface area contributed by atoms with Gasteiger partial charge < -0.3 is 14.4 Å². The van der Waals surface area contributed by atoms with Gasteiger partial charge in [0.15, 0.2) is 0 Å². The first-order chi connectivity index (χ1) is 7.65. The molecule has 1 rings (SSSR count). The van der Waals surface area contributed by atoms with Crippen LogP contribution < -0.4 is 0 Å². The van der Waals surface area contributed by atoms with Crippen LogP contribution in [0.5, 0.6) is 0 Å². The number of rotatable bonds is 5. The number of methoxy groups -OCH3 is 1. The molecule has 1 aliphatic rings. The van der Waals surface area contributed by atoms with Gasteiger partial charge in [-0.05, 0) is 27.1 Å². The van der Waals surface area contributed by atoms with E-state index in [-0.39, 0.29) is 12.0 Å². The first kappa shape index (κ1) is 13.4. The molecule has 0 amide bonds. The molecule has 94 valence electrons. The van der Waals surface area contributed by atoms with Gasteiger partial charge in [-0.15, -0.1) is 0 Å². The highest BCUT2D eigenvalue weighted by molar-refractivity contribution is 5.75. The Hall–Kier alpha value is -0.650. The Kier molecular flexibility index (Phi) is 5.73. The van der Waals surface area contributed by atoms with Crippen molar-refractivity contribution < 1.29 is 14.3 Å². The summed E-state index contributed by atoms with van der Waals surface area (Å²) in [5, 5.41) is 0. The van der Waals surface area contributed by atoms with Crippen LogP contribution in [0.4, 0.5) is 0 Å². The molecule has 0 spiro atoms. The molecule has 0 aromatic rings. The summed E-state index contributed by atoms with van der Waals surface area (Å²) in [4.78, 5) is 15.8. The van der Waals surface area contributed by atoms with Crippen molar-refractivity contribution in [3.63, 3.8) is 0 Å². The van der Waals surface area contributed by atoms with E-state index in [1.54, 1.807) is 0 Å². The second-order valence-electron chi connectivity index (χ2n) is 4.31. The van der Waals surface area contributed by atoms with Crippen molar-refractivity contribution in [1.82, 2.24) is 9.80 Å². The van der Waals surface area contributed by atoms with Crippen LogP contribution >= 0.6 is 0 Å². The molecule has 1 unspecified atom stereocenters. The molecule has 0 saturated carbocycles. The highest BCUT2D eigenvalue weighted by Crippen LogP contribution is 2.09. The molecule has 16 heavy (non-hydrogen) atoms. The van der Waals surface area contributed by atoms with Crippen LogP contribution in [0.2, 0.25) is 0 Å². The fourth-order valence-electron chi connectivity index (χ4n) is 1.85. The summed E-state index contributed by atoms with van der Waals surface area (Å²) in [7, 11) is 5.53. The van der Waals surface area contributed by atoms with E-state index >= 15 is 0 Å². The molecule has 1 aliphatic heterocycles. The molecule has 1 fully saturated rings. The van der Waals surface area contributed by atoms with Crippen LogP contribution in [0.25, 0.3) is 0 Å². The first-order valence-corrected chi connectivity index (χ1v) is 5.69. The van der Waals surface area contributed by atoms with Gasteiger partial charge in [-0.2, -0.15) is 0 Å². The van der Waals surface area contributed by atoms with Crippen molar-refractivity contribution in [3.05, 3.63) is 0 Å². The zero-order valence-corrected chi connectivity index (χ0v) is 10.4. The fraction of sp³-hybridized carbons (Fsp3) is 0.909. The summed E-state index contributed by atoms with van der Waals surface area (Å²) in [5.74, 6) is -0.190. The third-order valence-electron chi connectivity index (χ3n) is 2.76. The Morgan fingerprint density at radius 2 is 2.31 bits per heavy atom. The van der Waals surface area contributed by atoms with E-state index in [1.165, 1.54) is 7.11 Å². The molecule has 0 bridgehead atoms. The molecule has 0 N–H and O–H groups in total. The van der Waals surface area contributed by atoms with E-state index in [0.717, 1.165) is 26.1 Å². The minimum Gasteiger partial charge on any atom is -0.468 e. The largest absolute Gasteiger partial charge is 0.468 e. The lowest BCUT2D eigenvalue weighted by Gasteiger charge is -2.33. The topological polar surface area (TPSA) is 42.0 Å². The Labute approximate surface area is 97.3 Å². The quantitative estimate of drug-likeness (QED) is 0.613. The number of esters is 1. The summed E-state index contributed by atoms with van der Waals surface area (Å²) in [6.45, 7) is 3.92. The lowest BCUT2D eigenvalue weighted by atomic mass is 10.2. The minimum atomic E-state index is -0.221. The molecule has 0 aromatic heterocycles. The Balaban J connectivity index is 2.38. The maximum Gasteiger partial charge on any atom is 0.325 e. The molecule has 1 saturated heterocycles. The van der Waals surface area contributed by atoms with Crippen molar-refractivity contribution in [1.29, 1.82) is 0 Å². The van der Waals surface area contributed by atoms with Crippen LogP contribution in [-0.4, -0.2) is 75.9 Å². The number of hydrogen-bond acceptors (Lipinski definition) is 5. The Bertz CT molecular complexity index is 221. The van der Waals surface area contributed by atoms with Crippen LogP contribution in [0.1, 0.15) is 6.42 Å². The molecular formula is C11H22N2O3. The third-order valence-corrected chi connectivity index (χ3v) is 2.76. The van der Waals surface area contributed by atoms with Gasteiger partial charge in [0.1, 0.15) is 6.04 Å². The molecule has 0 aromatic carbocycles. The normalized spacial score (nSPS) is 22.4. The molecule has 5 nitrogen and oxygen atoms in total. The van der Waals surface area contributed by atoms with E-state index in [1.807, 2.05) is 0 Å². The molecule has 1 atom stereocenters. The molecular weight excluding hydrogens is 208 g/mol. The lowest BCUT2D eigenvalue weighted by Crippen LogP contribution is -2.50. The van der Waals surface area contributed by atoms with E-state index in [2.05, 4.69) is 23.9 Å². The Morgan fingerprint density at radius 1 is 1.56 bits per heavy atom. The summed E-state index contributed by atoms with van der Waals surface area (Å²) in [6, 6.07) is -0.221. The SMILES string of the molecule is COC(=O)C1COCCN1CCCN(C)C. The third kappa shape index (κ3) is 4.08. The number of morpholine rings is 1. The smallest absolute Gasteiger partial charge is 0.325 e. The zero-order chi connectivity index (χ0) is 12.0. The van der Waals surface area contributed by atoms with Crippen molar-refractivity contribution in [2.45, 2.75) is 12.5 Å². The van der Waals surface area contributed by atoms with Gasteiger partial charge in [0.25, 0.3) is 0 Å². The predicted molar refractivity (Wildman–Crippen MR) is 61.4 cm³/mol. The predicted octanol–water partition coefficient (Wildman–Crippen LogP) is -0.188. The van der Waals surface area contributed by atoms with Gasteiger partial charge >= 0.3 is 5.97 Å². The lowest BCUT2D eigenvalue weighted by molar-refractivity contribution is -0.153. The van der Waals surface area contributed by atoms with E-state index in [4.69, 9.17) is 9.47 Å². The summed E-state index contributed by atoms with van der Waals surface area (Å²) >= 11 is 0. The Morgan fingerprint density at radius 3 is 2.94 bits per heavy atom. The maximum atomic E-state index is 11.5. The average Bonchev–Trinajstić information content (AvgIpc) is 2.28. The van der Waals surface area contributed by atoms with Crippen LogP contribution in [0.15, 0.2) is 0 Å².